The van der Waals surface area contributed by atoms with Crippen molar-refractivity contribution in [1.29, 1.82) is 0 Å². The zero-order valence-corrected chi connectivity index (χ0v) is 12.2. The van der Waals surface area contributed by atoms with Gasteiger partial charge in [0.1, 0.15) is 5.69 Å². The molecule has 3 rings (SSSR count). The van der Waals surface area contributed by atoms with Gasteiger partial charge in [-0.2, -0.15) is 0 Å². The number of benzene rings is 1. The Labute approximate surface area is 124 Å². The van der Waals surface area contributed by atoms with E-state index in [9.17, 15) is 4.79 Å². The predicted molar refractivity (Wildman–Crippen MR) is 82.4 cm³/mol. The van der Waals surface area contributed by atoms with E-state index in [1.165, 1.54) is 7.11 Å². The summed E-state index contributed by atoms with van der Waals surface area (Å²) in [5, 5.41) is 0. The van der Waals surface area contributed by atoms with Gasteiger partial charge in [0.15, 0.2) is 0 Å². The first kappa shape index (κ1) is 13.6. The van der Waals surface area contributed by atoms with Crippen molar-refractivity contribution < 1.29 is 9.53 Å². The molecule has 21 heavy (non-hydrogen) atoms. The Balaban J connectivity index is 2.05. The number of methoxy groups -OCH3 is 1. The van der Waals surface area contributed by atoms with E-state index < -0.39 is 5.97 Å². The highest BCUT2D eigenvalue weighted by molar-refractivity contribution is 5.89. The first-order valence-corrected chi connectivity index (χ1v) is 7.08. The second-order valence-corrected chi connectivity index (χ2v) is 5.43. The Morgan fingerprint density at radius 1 is 1.19 bits per heavy atom. The number of nitrogens with zero attached hydrogens (tertiary/aromatic N) is 2. The van der Waals surface area contributed by atoms with E-state index in [0.717, 1.165) is 30.0 Å². The molecular formula is C17H18N2O2. The molecule has 1 aromatic heterocycles. The highest BCUT2D eigenvalue weighted by Gasteiger charge is 2.26. The molecule has 2 heterocycles. The van der Waals surface area contributed by atoms with Crippen molar-refractivity contribution in [2.45, 2.75) is 6.92 Å². The van der Waals surface area contributed by atoms with Crippen LogP contribution in [-0.2, 0) is 4.74 Å². The average molecular weight is 282 g/mol. The quantitative estimate of drug-likeness (QED) is 0.812. The molecule has 4 nitrogen and oxygen atoms in total. The molecule has 1 aliphatic rings. The van der Waals surface area contributed by atoms with Gasteiger partial charge in [-0.15, -0.1) is 0 Å². The molecule has 4 heteroatoms. The van der Waals surface area contributed by atoms with E-state index in [1.54, 1.807) is 6.07 Å². The monoisotopic (exact) mass is 282 g/mol. The number of ether oxygens (including phenoxy) is 1. The third-order valence-corrected chi connectivity index (χ3v) is 3.72. The maximum Gasteiger partial charge on any atom is 0.356 e. The van der Waals surface area contributed by atoms with Gasteiger partial charge in [0, 0.05) is 18.7 Å². The number of carbonyl (C=O) groups is 1. The van der Waals surface area contributed by atoms with Crippen LogP contribution < -0.4 is 4.90 Å². The lowest BCUT2D eigenvalue weighted by molar-refractivity contribution is 0.0594. The molecule has 0 aliphatic carbocycles. The van der Waals surface area contributed by atoms with Gasteiger partial charge in [0.2, 0.25) is 0 Å². The fourth-order valence-corrected chi connectivity index (χ4v) is 2.63. The minimum Gasteiger partial charge on any atom is -0.464 e. The number of rotatable bonds is 3. The summed E-state index contributed by atoms with van der Waals surface area (Å²) in [5.41, 5.74) is 3.27. The van der Waals surface area contributed by atoms with Gasteiger partial charge in [-0.05, 0) is 18.1 Å². The summed E-state index contributed by atoms with van der Waals surface area (Å²) >= 11 is 0. The van der Waals surface area contributed by atoms with E-state index in [1.807, 2.05) is 36.4 Å². The first-order valence-electron chi connectivity index (χ1n) is 7.08. The van der Waals surface area contributed by atoms with Crippen molar-refractivity contribution in [3.63, 3.8) is 0 Å². The Hall–Kier alpha value is -2.36. The number of anilines is 1. The SMILES string of the molecule is COC(=O)c1ccc(N2CC(C)C2)c(-c2ccccc2)n1. The zero-order chi connectivity index (χ0) is 14.8. The molecule has 0 bridgehead atoms. The second kappa shape index (κ2) is 5.56. The molecule has 2 aromatic rings. The van der Waals surface area contributed by atoms with Gasteiger partial charge in [-0.3, -0.25) is 0 Å². The van der Waals surface area contributed by atoms with Crippen LogP contribution in [0.3, 0.4) is 0 Å². The molecule has 1 aliphatic heterocycles. The molecule has 0 unspecified atom stereocenters. The van der Waals surface area contributed by atoms with Crippen molar-refractivity contribution in [3.8, 4) is 11.3 Å². The molecule has 1 saturated heterocycles. The van der Waals surface area contributed by atoms with E-state index in [2.05, 4.69) is 16.8 Å². The fraction of sp³-hybridized carbons (Fsp3) is 0.294. The van der Waals surface area contributed by atoms with E-state index in [4.69, 9.17) is 4.74 Å². The van der Waals surface area contributed by atoms with E-state index >= 15 is 0 Å². The highest BCUT2D eigenvalue weighted by atomic mass is 16.5. The third kappa shape index (κ3) is 2.61. The van der Waals surface area contributed by atoms with Gasteiger partial charge in [0.05, 0.1) is 18.5 Å². The molecular weight excluding hydrogens is 264 g/mol. The first-order chi connectivity index (χ1) is 10.2. The van der Waals surface area contributed by atoms with Crippen LogP contribution in [0.15, 0.2) is 42.5 Å². The largest absolute Gasteiger partial charge is 0.464 e. The molecule has 1 fully saturated rings. The average Bonchev–Trinajstić information content (AvgIpc) is 2.51. The van der Waals surface area contributed by atoms with Crippen LogP contribution in [-0.4, -0.2) is 31.2 Å². The molecule has 108 valence electrons. The number of aromatic nitrogens is 1. The Bertz CT molecular complexity index is 649. The number of hydrogen-bond acceptors (Lipinski definition) is 4. The standard InChI is InChI=1S/C17H18N2O2/c1-12-10-19(11-12)15-9-8-14(17(20)21-2)18-16(15)13-6-4-3-5-7-13/h3-9,12H,10-11H2,1-2H3. The van der Waals surface area contributed by atoms with Crippen LogP contribution in [0.25, 0.3) is 11.3 Å². The Morgan fingerprint density at radius 2 is 1.90 bits per heavy atom. The summed E-state index contributed by atoms with van der Waals surface area (Å²) in [6.07, 6.45) is 0. The lowest BCUT2D eigenvalue weighted by atomic mass is 9.99. The van der Waals surface area contributed by atoms with Crippen molar-refractivity contribution in [2.75, 3.05) is 25.1 Å². The van der Waals surface area contributed by atoms with Gasteiger partial charge in [0.25, 0.3) is 0 Å². The normalized spacial score (nSPS) is 14.7. The van der Waals surface area contributed by atoms with Crippen molar-refractivity contribution in [1.82, 2.24) is 4.98 Å². The number of pyridine rings is 1. The molecule has 0 N–H and O–H groups in total. The van der Waals surface area contributed by atoms with Crippen LogP contribution in [0.1, 0.15) is 17.4 Å². The van der Waals surface area contributed by atoms with E-state index in [0.29, 0.717) is 11.6 Å². The van der Waals surface area contributed by atoms with Crippen LogP contribution in [0, 0.1) is 5.92 Å². The summed E-state index contributed by atoms with van der Waals surface area (Å²) in [6.45, 7) is 4.28. The topological polar surface area (TPSA) is 42.4 Å². The van der Waals surface area contributed by atoms with Crippen molar-refractivity contribution in [2.24, 2.45) is 5.92 Å². The van der Waals surface area contributed by atoms with Crippen molar-refractivity contribution in [3.05, 3.63) is 48.2 Å². The lowest BCUT2D eigenvalue weighted by Gasteiger charge is -2.40. The van der Waals surface area contributed by atoms with Gasteiger partial charge < -0.3 is 9.64 Å². The summed E-state index contributed by atoms with van der Waals surface area (Å²) in [4.78, 5) is 18.5. The van der Waals surface area contributed by atoms with Crippen LogP contribution >= 0.6 is 0 Å². The summed E-state index contributed by atoms with van der Waals surface area (Å²) in [6, 6.07) is 13.6. The van der Waals surface area contributed by atoms with Crippen LogP contribution in [0.4, 0.5) is 5.69 Å². The minimum absolute atomic E-state index is 0.341. The number of hydrogen-bond donors (Lipinski definition) is 0. The molecule has 1 aromatic carbocycles. The molecule has 0 radical (unpaired) electrons. The number of carbonyl (C=O) groups excluding carboxylic acids is 1. The molecule has 0 amide bonds. The van der Waals surface area contributed by atoms with E-state index in [-0.39, 0.29) is 0 Å². The maximum absolute atomic E-state index is 11.7. The summed E-state index contributed by atoms with van der Waals surface area (Å²) in [7, 11) is 1.37. The molecule has 0 atom stereocenters. The summed E-state index contributed by atoms with van der Waals surface area (Å²) < 4.78 is 4.77. The molecule has 0 saturated carbocycles. The smallest absolute Gasteiger partial charge is 0.356 e. The second-order valence-electron chi connectivity index (χ2n) is 5.43. The highest BCUT2D eigenvalue weighted by Crippen LogP contribution is 2.33. The van der Waals surface area contributed by atoms with Crippen LogP contribution in [0.5, 0.6) is 0 Å². The minimum atomic E-state index is -0.407. The Kier molecular flexibility index (Phi) is 3.60. The third-order valence-electron chi connectivity index (χ3n) is 3.72. The number of esters is 1. The Morgan fingerprint density at radius 3 is 2.52 bits per heavy atom. The lowest BCUT2D eigenvalue weighted by Crippen LogP contribution is -2.45. The molecule has 0 spiro atoms. The van der Waals surface area contributed by atoms with Crippen LogP contribution in [0.2, 0.25) is 0 Å². The van der Waals surface area contributed by atoms with Gasteiger partial charge >= 0.3 is 5.97 Å². The fourth-order valence-electron chi connectivity index (χ4n) is 2.63. The maximum atomic E-state index is 11.7. The predicted octanol–water partition coefficient (Wildman–Crippen LogP) is 2.99. The zero-order valence-electron chi connectivity index (χ0n) is 12.2. The van der Waals surface area contributed by atoms with Gasteiger partial charge in [-0.25, -0.2) is 9.78 Å². The van der Waals surface area contributed by atoms with Crippen molar-refractivity contribution >= 4 is 11.7 Å². The van der Waals surface area contributed by atoms with Gasteiger partial charge in [-0.1, -0.05) is 37.3 Å². The summed E-state index contributed by atoms with van der Waals surface area (Å²) in [5.74, 6) is 0.296.